The Morgan fingerprint density at radius 1 is 1.40 bits per heavy atom. The highest BCUT2D eigenvalue weighted by Gasteiger charge is 2.25. The van der Waals surface area contributed by atoms with Crippen molar-refractivity contribution in [1.82, 2.24) is 9.88 Å². The normalized spacial score (nSPS) is 22.4. The predicted octanol–water partition coefficient (Wildman–Crippen LogP) is 1.97. The first-order valence-electron chi connectivity index (χ1n) is 7.53. The number of hydrogen-bond donors (Lipinski definition) is 0. The number of aryl methyl sites for hydroxylation is 2. The second-order valence-corrected chi connectivity index (χ2v) is 6.10. The van der Waals surface area contributed by atoms with E-state index in [1.807, 2.05) is 0 Å². The molecule has 0 bridgehead atoms. The summed E-state index contributed by atoms with van der Waals surface area (Å²) in [4.78, 5) is 9.40. The first-order chi connectivity index (χ1) is 9.69. The molecule has 106 valence electrons. The molecule has 1 fully saturated rings. The third kappa shape index (κ3) is 2.38. The van der Waals surface area contributed by atoms with Gasteiger partial charge >= 0.3 is 0 Å². The minimum absolute atomic E-state index is 0.466. The van der Waals surface area contributed by atoms with Gasteiger partial charge in [0.25, 0.3) is 0 Å². The van der Waals surface area contributed by atoms with Gasteiger partial charge in [0.05, 0.1) is 5.56 Å². The van der Waals surface area contributed by atoms with Gasteiger partial charge < -0.3 is 9.80 Å². The van der Waals surface area contributed by atoms with E-state index in [-0.39, 0.29) is 0 Å². The molecule has 4 nitrogen and oxygen atoms in total. The second kappa shape index (κ2) is 5.41. The quantitative estimate of drug-likeness (QED) is 0.824. The van der Waals surface area contributed by atoms with Crippen molar-refractivity contribution in [3.63, 3.8) is 0 Å². The number of likely N-dealkylation sites (N-methyl/N-ethyl adjacent to an activating group) is 2. The lowest BCUT2D eigenvalue weighted by atomic mass is 10.0. The summed E-state index contributed by atoms with van der Waals surface area (Å²) in [6, 6.07) is 4.87. The molecule has 3 rings (SSSR count). The highest BCUT2D eigenvalue weighted by atomic mass is 15.2. The van der Waals surface area contributed by atoms with E-state index in [0.29, 0.717) is 6.04 Å². The summed E-state index contributed by atoms with van der Waals surface area (Å²) in [5.74, 6) is 0.883. The first-order valence-corrected chi connectivity index (χ1v) is 7.53. The van der Waals surface area contributed by atoms with Crippen LogP contribution in [0.15, 0.2) is 6.07 Å². The molecule has 1 saturated heterocycles. The molecule has 1 aromatic heterocycles. The Kier molecular flexibility index (Phi) is 3.62. The van der Waals surface area contributed by atoms with Crippen LogP contribution in [-0.4, -0.2) is 43.1 Å². The van der Waals surface area contributed by atoms with Crippen LogP contribution in [0.25, 0.3) is 0 Å². The van der Waals surface area contributed by atoms with Crippen molar-refractivity contribution >= 4 is 5.82 Å². The molecule has 1 aliphatic carbocycles. The fourth-order valence-electron chi connectivity index (χ4n) is 3.44. The molecule has 0 saturated carbocycles. The lowest BCUT2D eigenvalue weighted by Crippen LogP contribution is -2.45. The van der Waals surface area contributed by atoms with Crippen LogP contribution >= 0.6 is 0 Å². The predicted molar refractivity (Wildman–Crippen MR) is 79.9 cm³/mol. The summed E-state index contributed by atoms with van der Waals surface area (Å²) in [7, 11) is 4.26. The Labute approximate surface area is 121 Å². The van der Waals surface area contributed by atoms with Crippen LogP contribution in [0.4, 0.5) is 5.82 Å². The van der Waals surface area contributed by atoms with E-state index in [2.05, 4.69) is 36.0 Å². The summed E-state index contributed by atoms with van der Waals surface area (Å²) in [5, 5.41) is 9.42. The van der Waals surface area contributed by atoms with Gasteiger partial charge in [-0.1, -0.05) is 0 Å². The number of anilines is 1. The molecule has 2 aliphatic rings. The molecular weight excluding hydrogens is 248 g/mol. The monoisotopic (exact) mass is 270 g/mol. The van der Waals surface area contributed by atoms with Crippen LogP contribution in [-0.2, 0) is 12.8 Å². The Balaban J connectivity index is 1.91. The number of hydrogen-bond acceptors (Lipinski definition) is 4. The zero-order valence-electron chi connectivity index (χ0n) is 12.4. The van der Waals surface area contributed by atoms with Crippen LogP contribution in [0.1, 0.15) is 36.1 Å². The number of likely N-dealkylation sites (tertiary alicyclic amines) is 1. The Morgan fingerprint density at radius 2 is 2.25 bits per heavy atom. The molecule has 0 radical (unpaired) electrons. The maximum absolute atomic E-state index is 9.42. The summed E-state index contributed by atoms with van der Waals surface area (Å²) >= 11 is 0. The van der Waals surface area contributed by atoms with E-state index in [1.54, 1.807) is 0 Å². The van der Waals surface area contributed by atoms with Crippen molar-refractivity contribution in [2.45, 2.75) is 38.1 Å². The number of aromatic nitrogens is 1. The van der Waals surface area contributed by atoms with Gasteiger partial charge in [0, 0.05) is 25.3 Å². The van der Waals surface area contributed by atoms with Crippen LogP contribution in [0.5, 0.6) is 0 Å². The summed E-state index contributed by atoms with van der Waals surface area (Å²) in [6.07, 6.45) is 5.72. The molecule has 20 heavy (non-hydrogen) atoms. The number of rotatable bonds is 2. The summed E-state index contributed by atoms with van der Waals surface area (Å²) in [5.41, 5.74) is 3.22. The Morgan fingerprint density at radius 3 is 3.00 bits per heavy atom. The zero-order valence-corrected chi connectivity index (χ0v) is 12.4. The van der Waals surface area contributed by atoms with Gasteiger partial charge in [-0.15, -0.1) is 0 Å². The number of nitrogens with zero attached hydrogens (tertiary/aromatic N) is 4. The Bertz CT molecular complexity index is 546. The molecule has 1 unspecified atom stereocenters. The fraction of sp³-hybridized carbons (Fsp3) is 0.625. The van der Waals surface area contributed by atoms with E-state index in [0.717, 1.165) is 30.8 Å². The van der Waals surface area contributed by atoms with Crippen LogP contribution < -0.4 is 4.90 Å². The minimum atomic E-state index is 0.466. The maximum atomic E-state index is 9.42. The molecule has 1 aromatic rings. The van der Waals surface area contributed by atoms with Crippen molar-refractivity contribution in [2.24, 2.45) is 0 Å². The average molecular weight is 270 g/mol. The zero-order chi connectivity index (χ0) is 14.1. The second-order valence-electron chi connectivity index (χ2n) is 6.10. The minimum Gasteiger partial charge on any atom is -0.354 e. The smallest absolute Gasteiger partial charge is 0.146 e. The standard InChI is InChI=1S/C16H22N4/c1-19-8-4-6-14(11-19)20(2)16-13(10-17)9-12-5-3-7-15(12)18-16/h9,14H,3-8,11H2,1-2H3. The molecule has 1 atom stereocenters. The van der Waals surface area contributed by atoms with Gasteiger partial charge in [-0.3, -0.25) is 0 Å². The average Bonchev–Trinajstić information content (AvgIpc) is 2.92. The molecule has 2 heterocycles. The van der Waals surface area contributed by atoms with Crippen LogP contribution in [0, 0.1) is 11.3 Å². The number of fused-ring (bicyclic) bond motifs is 1. The van der Waals surface area contributed by atoms with Gasteiger partial charge in [-0.05, 0) is 57.3 Å². The number of pyridine rings is 1. The van der Waals surface area contributed by atoms with Crippen molar-refractivity contribution < 1.29 is 0 Å². The van der Waals surface area contributed by atoms with Crippen molar-refractivity contribution in [3.05, 3.63) is 22.9 Å². The Hall–Kier alpha value is -1.60. The van der Waals surface area contributed by atoms with Crippen molar-refractivity contribution in [3.8, 4) is 6.07 Å². The van der Waals surface area contributed by atoms with Gasteiger partial charge in [0.15, 0.2) is 0 Å². The maximum Gasteiger partial charge on any atom is 0.146 e. The molecule has 0 N–H and O–H groups in total. The lowest BCUT2D eigenvalue weighted by Gasteiger charge is -2.36. The third-order valence-electron chi connectivity index (χ3n) is 4.63. The van der Waals surface area contributed by atoms with Gasteiger partial charge in [0.2, 0.25) is 0 Å². The molecule has 0 amide bonds. The van der Waals surface area contributed by atoms with Gasteiger partial charge in [0.1, 0.15) is 11.9 Å². The fourth-order valence-corrected chi connectivity index (χ4v) is 3.44. The van der Waals surface area contributed by atoms with Crippen LogP contribution in [0.2, 0.25) is 0 Å². The number of nitriles is 1. The van der Waals surface area contributed by atoms with Gasteiger partial charge in [-0.2, -0.15) is 5.26 Å². The van der Waals surface area contributed by atoms with E-state index >= 15 is 0 Å². The SMILES string of the molecule is CN1CCCC(N(C)c2nc3c(cc2C#N)CCC3)C1. The summed E-state index contributed by atoms with van der Waals surface area (Å²) in [6.45, 7) is 2.23. The molecule has 4 heteroatoms. The third-order valence-corrected chi connectivity index (χ3v) is 4.63. The topological polar surface area (TPSA) is 43.2 Å². The lowest BCUT2D eigenvalue weighted by molar-refractivity contribution is 0.247. The molecule has 0 spiro atoms. The van der Waals surface area contributed by atoms with Crippen molar-refractivity contribution in [2.75, 3.05) is 32.1 Å². The first kappa shape index (κ1) is 13.4. The summed E-state index contributed by atoms with van der Waals surface area (Å²) < 4.78 is 0. The van der Waals surface area contributed by atoms with Crippen molar-refractivity contribution in [1.29, 1.82) is 5.26 Å². The van der Waals surface area contributed by atoms with Crippen LogP contribution in [0.3, 0.4) is 0 Å². The largest absolute Gasteiger partial charge is 0.354 e. The van der Waals surface area contributed by atoms with E-state index < -0.39 is 0 Å². The molecule has 0 aromatic carbocycles. The molecule has 1 aliphatic heterocycles. The highest BCUT2D eigenvalue weighted by Crippen LogP contribution is 2.28. The van der Waals surface area contributed by atoms with Gasteiger partial charge in [-0.25, -0.2) is 4.98 Å². The molecular formula is C16H22N4. The number of piperidine rings is 1. The van der Waals surface area contributed by atoms with E-state index in [9.17, 15) is 5.26 Å². The van der Waals surface area contributed by atoms with E-state index in [4.69, 9.17) is 4.98 Å². The highest BCUT2D eigenvalue weighted by molar-refractivity contribution is 5.57. The van der Waals surface area contributed by atoms with E-state index in [1.165, 1.54) is 37.1 Å².